The fourth-order valence-corrected chi connectivity index (χ4v) is 2.25. The molecule has 28 heavy (non-hydrogen) atoms. The molecule has 3 N–H and O–H groups in total. The van der Waals surface area contributed by atoms with Gasteiger partial charge in [-0.3, -0.25) is 10.1 Å². The summed E-state index contributed by atoms with van der Waals surface area (Å²) in [5.74, 6) is -0.105. The molecule has 2 aromatic carbocycles. The molecular weight excluding hydrogens is 362 g/mol. The van der Waals surface area contributed by atoms with Crippen molar-refractivity contribution in [3.05, 3.63) is 65.7 Å². The average molecular weight is 385 g/mol. The van der Waals surface area contributed by atoms with E-state index in [9.17, 15) is 14.4 Å². The Morgan fingerprint density at radius 1 is 0.786 bits per heavy atom. The van der Waals surface area contributed by atoms with Gasteiger partial charge in [-0.1, -0.05) is 42.5 Å². The number of anilines is 1. The normalized spacial score (nSPS) is 9.89. The largest absolute Gasteiger partial charge is 0.446 e. The van der Waals surface area contributed by atoms with Crippen molar-refractivity contribution in [1.29, 1.82) is 0 Å². The molecule has 8 nitrogen and oxygen atoms in total. The topological polar surface area (TPSA) is 106 Å². The Kier molecular flexibility index (Phi) is 8.32. The predicted octanol–water partition coefficient (Wildman–Crippen LogP) is 2.80. The Bertz CT molecular complexity index is 795. The number of hydrogen-bond acceptors (Lipinski definition) is 5. The van der Waals surface area contributed by atoms with Crippen molar-refractivity contribution < 1.29 is 23.9 Å². The molecule has 0 radical (unpaired) electrons. The van der Waals surface area contributed by atoms with Crippen molar-refractivity contribution >= 4 is 23.8 Å². The summed E-state index contributed by atoms with van der Waals surface area (Å²) in [6, 6.07) is 16.3. The van der Waals surface area contributed by atoms with Gasteiger partial charge >= 0.3 is 12.2 Å². The third-order valence-corrected chi connectivity index (χ3v) is 3.54. The second-order valence-electron chi connectivity index (χ2n) is 5.85. The van der Waals surface area contributed by atoms with Crippen LogP contribution < -0.4 is 16.0 Å². The zero-order chi connectivity index (χ0) is 20.2. The van der Waals surface area contributed by atoms with Crippen LogP contribution in [0.5, 0.6) is 0 Å². The van der Waals surface area contributed by atoms with Crippen LogP contribution >= 0.6 is 0 Å². The van der Waals surface area contributed by atoms with Gasteiger partial charge in [-0.25, -0.2) is 9.59 Å². The van der Waals surface area contributed by atoms with Crippen molar-refractivity contribution in [3.8, 4) is 0 Å². The van der Waals surface area contributed by atoms with Gasteiger partial charge < -0.3 is 20.1 Å². The molecule has 0 spiro atoms. The number of carbonyl (C=O) groups excluding carboxylic acids is 3. The van der Waals surface area contributed by atoms with Gasteiger partial charge in [0.15, 0.2) is 0 Å². The summed E-state index contributed by atoms with van der Waals surface area (Å²) in [7, 11) is 0. The summed E-state index contributed by atoms with van der Waals surface area (Å²) in [6.07, 6.45) is -1.23. The van der Waals surface area contributed by atoms with Gasteiger partial charge in [-0.05, 0) is 23.3 Å². The molecule has 8 heteroatoms. The number of alkyl carbamates (subject to hydrolysis) is 1. The molecule has 0 atom stereocenters. The quantitative estimate of drug-likeness (QED) is 0.606. The maximum absolute atomic E-state index is 11.7. The number of rotatable bonds is 8. The molecule has 0 saturated carbocycles. The Morgan fingerprint density at radius 2 is 1.39 bits per heavy atom. The molecular formula is C20H23N3O5. The van der Waals surface area contributed by atoms with E-state index < -0.39 is 12.2 Å². The van der Waals surface area contributed by atoms with Gasteiger partial charge in [0.2, 0.25) is 5.91 Å². The zero-order valence-electron chi connectivity index (χ0n) is 15.6. The van der Waals surface area contributed by atoms with Gasteiger partial charge in [-0.2, -0.15) is 0 Å². The number of nitrogens with one attached hydrogen (secondary N) is 3. The summed E-state index contributed by atoms with van der Waals surface area (Å²) in [5, 5.41) is 7.89. The maximum Gasteiger partial charge on any atom is 0.411 e. The summed E-state index contributed by atoms with van der Waals surface area (Å²) < 4.78 is 9.89. The molecule has 148 valence electrons. The van der Waals surface area contributed by atoms with E-state index in [2.05, 4.69) is 16.0 Å². The van der Waals surface area contributed by atoms with Crippen molar-refractivity contribution in [2.45, 2.75) is 20.0 Å². The number of para-hydroxylation sites is 1. The maximum atomic E-state index is 11.7. The van der Waals surface area contributed by atoms with E-state index in [0.29, 0.717) is 12.2 Å². The van der Waals surface area contributed by atoms with Crippen LogP contribution in [0.1, 0.15) is 18.1 Å². The Morgan fingerprint density at radius 3 is 2.04 bits per heavy atom. The average Bonchev–Trinajstić information content (AvgIpc) is 2.69. The predicted molar refractivity (Wildman–Crippen MR) is 104 cm³/mol. The molecule has 0 aliphatic carbocycles. The van der Waals surface area contributed by atoms with Crippen LogP contribution in [0.15, 0.2) is 54.6 Å². The van der Waals surface area contributed by atoms with Gasteiger partial charge in [0.05, 0.1) is 0 Å². The van der Waals surface area contributed by atoms with E-state index in [4.69, 9.17) is 9.47 Å². The molecule has 0 heterocycles. The third-order valence-electron chi connectivity index (χ3n) is 3.54. The molecule has 3 amide bonds. The van der Waals surface area contributed by atoms with Gasteiger partial charge in [-0.15, -0.1) is 0 Å². The highest BCUT2D eigenvalue weighted by Crippen LogP contribution is 2.06. The lowest BCUT2D eigenvalue weighted by atomic mass is 10.1. The zero-order valence-corrected chi connectivity index (χ0v) is 15.6. The van der Waals surface area contributed by atoms with Crippen LogP contribution in [0.25, 0.3) is 0 Å². The summed E-state index contributed by atoms with van der Waals surface area (Å²) in [5.41, 5.74) is 2.42. The van der Waals surface area contributed by atoms with E-state index >= 15 is 0 Å². The van der Waals surface area contributed by atoms with E-state index in [1.54, 1.807) is 24.3 Å². The summed E-state index contributed by atoms with van der Waals surface area (Å²) in [6.45, 7) is 2.05. The molecule has 0 aromatic heterocycles. The number of hydrogen-bond donors (Lipinski definition) is 3. The second-order valence-corrected chi connectivity index (χ2v) is 5.85. The molecule has 0 bridgehead atoms. The molecule has 0 unspecified atom stereocenters. The van der Waals surface area contributed by atoms with Crippen LogP contribution in [0.3, 0.4) is 0 Å². The van der Waals surface area contributed by atoms with Gasteiger partial charge in [0, 0.05) is 25.7 Å². The first-order valence-electron chi connectivity index (χ1n) is 8.74. The lowest BCUT2D eigenvalue weighted by Gasteiger charge is -2.09. The van der Waals surface area contributed by atoms with E-state index in [0.717, 1.165) is 11.1 Å². The number of benzene rings is 2. The Hall–Kier alpha value is -3.55. The molecule has 2 aromatic rings. The van der Waals surface area contributed by atoms with Crippen LogP contribution in [0.4, 0.5) is 15.3 Å². The molecule has 0 aliphatic heterocycles. The minimum atomic E-state index is -0.619. The van der Waals surface area contributed by atoms with E-state index in [1.165, 1.54) is 6.92 Å². The monoisotopic (exact) mass is 385 g/mol. The minimum absolute atomic E-state index is 0.0573. The summed E-state index contributed by atoms with van der Waals surface area (Å²) in [4.78, 5) is 34.2. The van der Waals surface area contributed by atoms with Crippen molar-refractivity contribution in [1.82, 2.24) is 10.6 Å². The van der Waals surface area contributed by atoms with Crippen LogP contribution in [0, 0.1) is 0 Å². The van der Waals surface area contributed by atoms with E-state index in [1.807, 2.05) is 30.3 Å². The third kappa shape index (κ3) is 8.22. The number of amides is 3. The fraction of sp³-hybridized carbons (Fsp3) is 0.250. The smallest absolute Gasteiger partial charge is 0.411 e. The second kappa shape index (κ2) is 11.2. The lowest BCUT2D eigenvalue weighted by Crippen LogP contribution is -2.26. The summed E-state index contributed by atoms with van der Waals surface area (Å²) >= 11 is 0. The highest BCUT2D eigenvalue weighted by molar-refractivity contribution is 5.84. The van der Waals surface area contributed by atoms with E-state index in [-0.39, 0.29) is 25.7 Å². The lowest BCUT2D eigenvalue weighted by molar-refractivity contribution is -0.119. The molecule has 0 saturated heterocycles. The van der Waals surface area contributed by atoms with Crippen LogP contribution in [-0.2, 0) is 27.4 Å². The first-order chi connectivity index (χ1) is 13.5. The Labute approximate surface area is 163 Å². The van der Waals surface area contributed by atoms with Crippen molar-refractivity contribution in [2.24, 2.45) is 0 Å². The number of ether oxygens (including phenoxy) is 2. The standard InChI is InChI=1S/C20H23N3O5/c1-15(24)21-13-16-6-5-7-17(12-16)14-22-19(25)27-10-11-28-20(26)23-18-8-3-2-4-9-18/h2-9,12H,10-11,13-14H2,1H3,(H,21,24)(H,22,25)(H,23,26). The first-order valence-corrected chi connectivity index (χ1v) is 8.74. The molecule has 0 fully saturated rings. The van der Waals surface area contributed by atoms with Crippen molar-refractivity contribution in [2.75, 3.05) is 18.5 Å². The van der Waals surface area contributed by atoms with Gasteiger partial charge in [0.25, 0.3) is 0 Å². The van der Waals surface area contributed by atoms with Crippen molar-refractivity contribution in [3.63, 3.8) is 0 Å². The Balaban J connectivity index is 1.61. The highest BCUT2D eigenvalue weighted by atomic mass is 16.6. The minimum Gasteiger partial charge on any atom is -0.446 e. The SMILES string of the molecule is CC(=O)NCc1cccc(CNC(=O)OCCOC(=O)Nc2ccccc2)c1. The molecule has 0 aliphatic rings. The number of carbonyl (C=O) groups is 3. The van der Waals surface area contributed by atoms with Crippen LogP contribution in [-0.4, -0.2) is 31.3 Å². The van der Waals surface area contributed by atoms with Gasteiger partial charge in [0.1, 0.15) is 13.2 Å². The van der Waals surface area contributed by atoms with Crippen LogP contribution in [0.2, 0.25) is 0 Å². The highest BCUT2D eigenvalue weighted by Gasteiger charge is 2.06. The first kappa shape index (κ1) is 20.8. The fourth-order valence-electron chi connectivity index (χ4n) is 2.25. The molecule has 2 rings (SSSR count).